The minimum absolute atomic E-state index is 0.174. The highest BCUT2D eigenvalue weighted by Gasteiger charge is 2.29. The van der Waals surface area contributed by atoms with Gasteiger partial charge in [0.2, 0.25) is 10.0 Å². The fraction of sp³-hybridized carbons (Fsp3) is 0.167. The Morgan fingerprint density at radius 2 is 1.77 bits per heavy atom. The van der Waals surface area contributed by atoms with Crippen LogP contribution >= 0.6 is 11.3 Å². The number of hydrogen-bond acceptors (Lipinski definition) is 6. The summed E-state index contributed by atoms with van der Waals surface area (Å²) < 4.78 is 29.3. The molecule has 0 bridgehead atoms. The first-order chi connectivity index (χ1) is 18.9. The van der Waals surface area contributed by atoms with Crippen molar-refractivity contribution in [2.45, 2.75) is 31.3 Å². The maximum absolute atomic E-state index is 13.8. The second kappa shape index (κ2) is 10.3. The summed E-state index contributed by atoms with van der Waals surface area (Å²) in [5, 5.41) is 0.580. The van der Waals surface area contributed by atoms with Gasteiger partial charge in [-0.2, -0.15) is 4.31 Å². The summed E-state index contributed by atoms with van der Waals surface area (Å²) in [4.78, 5) is 24.6. The molecule has 196 valence electrons. The number of para-hydroxylation sites is 1. The van der Waals surface area contributed by atoms with Gasteiger partial charge in [0, 0.05) is 31.0 Å². The molecule has 6 rings (SSSR count). The van der Waals surface area contributed by atoms with E-state index in [0.717, 1.165) is 26.9 Å². The lowest BCUT2D eigenvalue weighted by molar-refractivity contribution is 0.0985. The third-order valence-electron chi connectivity index (χ3n) is 6.98. The third-order valence-corrected chi connectivity index (χ3v) is 9.89. The number of aromatic nitrogens is 2. The van der Waals surface area contributed by atoms with Crippen molar-refractivity contribution in [1.82, 2.24) is 14.3 Å². The van der Waals surface area contributed by atoms with Crippen LogP contribution in [0.15, 0.2) is 96.2 Å². The maximum Gasteiger partial charge on any atom is 0.260 e. The van der Waals surface area contributed by atoms with Crippen molar-refractivity contribution in [3.05, 3.63) is 119 Å². The van der Waals surface area contributed by atoms with Crippen molar-refractivity contribution >= 4 is 42.6 Å². The van der Waals surface area contributed by atoms with Crippen molar-refractivity contribution in [3.63, 3.8) is 0 Å². The predicted octanol–water partition coefficient (Wildman–Crippen LogP) is 5.59. The standard InChI is InChI=1S/C30H26N4O3S2/c1-21-6-4-10-27-28(21)32-30(38-27)34(19-22-7-5-16-31-18-22)29(35)24-11-13-26(14-12-24)39(36,37)33-17-15-23-8-2-3-9-25(23)20-33/h2-14,16,18H,15,17,19-20H2,1H3. The summed E-state index contributed by atoms with van der Waals surface area (Å²) in [5.74, 6) is -0.258. The molecule has 0 spiro atoms. The van der Waals surface area contributed by atoms with Gasteiger partial charge in [0.1, 0.15) is 0 Å². The SMILES string of the molecule is Cc1cccc2sc(N(Cc3cccnc3)C(=O)c3ccc(S(=O)(=O)N4CCc5ccccc5C4)cc3)nc12. The molecule has 0 N–H and O–H groups in total. The van der Waals surface area contributed by atoms with E-state index in [-0.39, 0.29) is 10.8 Å². The van der Waals surface area contributed by atoms with Crippen molar-refractivity contribution in [1.29, 1.82) is 0 Å². The molecule has 0 atom stereocenters. The van der Waals surface area contributed by atoms with E-state index in [1.807, 2.05) is 61.5 Å². The number of thiazole rings is 1. The van der Waals surface area contributed by atoms with Crippen molar-refractivity contribution in [3.8, 4) is 0 Å². The largest absolute Gasteiger partial charge is 0.279 e. The number of hydrogen-bond donors (Lipinski definition) is 0. The molecule has 5 aromatic rings. The molecule has 0 unspecified atom stereocenters. The Kier molecular flexibility index (Phi) is 6.72. The van der Waals surface area contributed by atoms with Gasteiger partial charge < -0.3 is 0 Å². The van der Waals surface area contributed by atoms with E-state index in [2.05, 4.69) is 4.98 Å². The van der Waals surface area contributed by atoms with Crippen LogP contribution in [-0.4, -0.2) is 35.1 Å². The maximum atomic E-state index is 13.8. The molecule has 0 saturated heterocycles. The van der Waals surface area contributed by atoms with Crippen molar-refractivity contribution in [2.24, 2.45) is 0 Å². The number of carbonyl (C=O) groups is 1. The Balaban J connectivity index is 1.30. The number of pyridine rings is 1. The number of anilines is 1. The van der Waals surface area contributed by atoms with E-state index in [4.69, 9.17) is 4.98 Å². The second-order valence-corrected chi connectivity index (χ2v) is 12.5. The Morgan fingerprint density at radius 1 is 0.974 bits per heavy atom. The number of benzene rings is 3. The first-order valence-corrected chi connectivity index (χ1v) is 14.9. The van der Waals surface area contributed by atoms with E-state index >= 15 is 0 Å². The molecule has 1 amide bonds. The van der Waals surface area contributed by atoms with Gasteiger partial charge in [0.25, 0.3) is 5.91 Å². The Labute approximate surface area is 231 Å². The van der Waals surface area contributed by atoms with Crippen LogP contribution in [0, 0.1) is 6.92 Å². The quantitative estimate of drug-likeness (QED) is 0.273. The molecule has 0 saturated carbocycles. The topological polar surface area (TPSA) is 83.5 Å². The fourth-order valence-electron chi connectivity index (χ4n) is 4.84. The summed E-state index contributed by atoms with van der Waals surface area (Å²) in [5.41, 5.74) is 5.37. The first-order valence-electron chi connectivity index (χ1n) is 12.6. The van der Waals surface area contributed by atoms with Gasteiger partial charge in [-0.25, -0.2) is 13.4 Å². The summed E-state index contributed by atoms with van der Waals surface area (Å²) in [7, 11) is -3.70. The molecule has 0 fully saturated rings. The molecule has 1 aliphatic rings. The Bertz CT molecular complexity index is 1770. The van der Waals surface area contributed by atoms with E-state index in [1.165, 1.54) is 33.3 Å². The minimum atomic E-state index is -3.70. The molecule has 2 aromatic heterocycles. The predicted molar refractivity (Wildman–Crippen MR) is 153 cm³/mol. The monoisotopic (exact) mass is 554 g/mol. The van der Waals surface area contributed by atoms with Crippen LogP contribution in [0.1, 0.15) is 32.6 Å². The molecule has 3 heterocycles. The van der Waals surface area contributed by atoms with Gasteiger partial charge in [-0.1, -0.05) is 53.8 Å². The Morgan fingerprint density at radius 3 is 2.51 bits per heavy atom. The number of aryl methyl sites for hydroxylation is 1. The van der Waals surface area contributed by atoms with E-state index in [1.54, 1.807) is 29.4 Å². The minimum Gasteiger partial charge on any atom is -0.279 e. The Hall–Kier alpha value is -3.92. The van der Waals surface area contributed by atoms with Crippen LogP contribution in [-0.2, 0) is 29.5 Å². The van der Waals surface area contributed by atoms with Gasteiger partial charge in [-0.3, -0.25) is 14.7 Å². The summed E-state index contributed by atoms with van der Waals surface area (Å²) >= 11 is 1.45. The van der Waals surface area contributed by atoms with Crippen LogP contribution < -0.4 is 4.90 Å². The van der Waals surface area contributed by atoms with Crippen LogP contribution in [0.5, 0.6) is 0 Å². The highest BCUT2D eigenvalue weighted by Crippen LogP contribution is 2.33. The average molecular weight is 555 g/mol. The highest BCUT2D eigenvalue weighted by atomic mass is 32.2. The fourth-order valence-corrected chi connectivity index (χ4v) is 7.30. The van der Waals surface area contributed by atoms with E-state index in [0.29, 0.717) is 36.8 Å². The average Bonchev–Trinajstić information content (AvgIpc) is 3.41. The number of rotatable bonds is 6. The highest BCUT2D eigenvalue weighted by molar-refractivity contribution is 7.89. The van der Waals surface area contributed by atoms with Gasteiger partial charge in [-0.05, 0) is 72.0 Å². The molecule has 1 aliphatic heterocycles. The number of nitrogens with zero attached hydrogens (tertiary/aromatic N) is 4. The molecule has 39 heavy (non-hydrogen) atoms. The lowest BCUT2D eigenvalue weighted by atomic mass is 10.0. The number of fused-ring (bicyclic) bond motifs is 2. The summed E-state index contributed by atoms with van der Waals surface area (Å²) in [6, 6.07) is 23.9. The second-order valence-electron chi connectivity index (χ2n) is 9.55. The molecule has 0 aliphatic carbocycles. The molecule has 3 aromatic carbocycles. The smallest absolute Gasteiger partial charge is 0.260 e. The van der Waals surface area contributed by atoms with Gasteiger partial charge in [0.05, 0.1) is 21.7 Å². The number of amides is 1. The van der Waals surface area contributed by atoms with Crippen LogP contribution in [0.25, 0.3) is 10.2 Å². The lowest BCUT2D eigenvalue weighted by Crippen LogP contribution is -2.36. The summed E-state index contributed by atoms with van der Waals surface area (Å²) in [6.07, 6.45) is 4.10. The van der Waals surface area contributed by atoms with Gasteiger partial charge >= 0.3 is 0 Å². The zero-order valence-electron chi connectivity index (χ0n) is 21.3. The molecule has 0 radical (unpaired) electrons. The van der Waals surface area contributed by atoms with Crippen LogP contribution in [0.3, 0.4) is 0 Å². The van der Waals surface area contributed by atoms with Crippen LogP contribution in [0.4, 0.5) is 5.13 Å². The summed E-state index contributed by atoms with van der Waals surface area (Å²) in [6.45, 7) is 3.06. The van der Waals surface area contributed by atoms with Crippen molar-refractivity contribution in [2.75, 3.05) is 11.4 Å². The molecular formula is C30H26N4O3S2. The lowest BCUT2D eigenvalue weighted by Gasteiger charge is -2.28. The molecular weight excluding hydrogens is 528 g/mol. The zero-order chi connectivity index (χ0) is 27.0. The molecule has 7 nitrogen and oxygen atoms in total. The zero-order valence-corrected chi connectivity index (χ0v) is 23.0. The van der Waals surface area contributed by atoms with Gasteiger partial charge in [-0.15, -0.1) is 0 Å². The third kappa shape index (κ3) is 4.96. The van der Waals surface area contributed by atoms with E-state index < -0.39 is 10.0 Å². The van der Waals surface area contributed by atoms with Crippen molar-refractivity contribution < 1.29 is 13.2 Å². The normalized spacial score (nSPS) is 13.8. The van der Waals surface area contributed by atoms with Crippen LogP contribution in [0.2, 0.25) is 0 Å². The first kappa shape index (κ1) is 25.4. The number of sulfonamides is 1. The van der Waals surface area contributed by atoms with E-state index in [9.17, 15) is 13.2 Å². The van der Waals surface area contributed by atoms with Gasteiger partial charge in [0.15, 0.2) is 5.13 Å². The number of carbonyl (C=O) groups excluding carboxylic acids is 1. The molecule has 9 heteroatoms.